The van der Waals surface area contributed by atoms with Crippen molar-refractivity contribution in [1.82, 2.24) is 24.8 Å². The van der Waals surface area contributed by atoms with E-state index in [1.807, 2.05) is 32.6 Å². The van der Waals surface area contributed by atoms with Crippen molar-refractivity contribution in [3.63, 3.8) is 0 Å². The van der Waals surface area contributed by atoms with Gasteiger partial charge >= 0.3 is 0 Å². The van der Waals surface area contributed by atoms with Gasteiger partial charge in [0.1, 0.15) is 5.69 Å². The molecular formula is C19H27N5O. The van der Waals surface area contributed by atoms with Crippen LogP contribution in [0.5, 0.6) is 0 Å². The maximum Gasteiger partial charge on any atom is 0.227 e. The minimum Gasteiger partial charge on any atom is -0.342 e. The average Bonchev–Trinajstić information content (AvgIpc) is 3.00. The number of nitrogens with zero attached hydrogens (tertiary/aromatic N) is 4. The molecule has 0 spiro atoms. The zero-order valence-corrected chi connectivity index (χ0v) is 15.5. The molecule has 3 heterocycles. The molecule has 0 bridgehead atoms. The van der Waals surface area contributed by atoms with Crippen LogP contribution in [-0.2, 0) is 11.2 Å². The Morgan fingerprint density at radius 3 is 2.72 bits per heavy atom. The quantitative estimate of drug-likeness (QED) is 0.931. The molecule has 0 saturated carbocycles. The van der Waals surface area contributed by atoms with E-state index < -0.39 is 0 Å². The summed E-state index contributed by atoms with van der Waals surface area (Å²) in [4.78, 5) is 31.3. The van der Waals surface area contributed by atoms with Crippen molar-refractivity contribution in [2.45, 2.75) is 47.0 Å². The molecule has 1 amide bonds. The van der Waals surface area contributed by atoms with Crippen LogP contribution in [0.15, 0.2) is 18.6 Å². The molecule has 1 saturated heterocycles. The van der Waals surface area contributed by atoms with Crippen LogP contribution in [0.4, 0.5) is 0 Å². The molecule has 0 aromatic carbocycles. The van der Waals surface area contributed by atoms with Crippen molar-refractivity contribution in [2.24, 2.45) is 11.3 Å². The number of hydrogen-bond donors (Lipinski definition) is 1. The molecule has 0 aliphatic carbocycles. The second-order valence-corrected chi connectivity index (χ2v) is 7.98. The summed E-state index contributed by atoms with van der Waals surface area (Å²) in [7, 11) is 0. The topological polar surface area (TPSA) is 74.8 Å². The average molecular weight is 341 g/mol. The number of piperidine rings is 1. The predicted molar refractivity (Wildman–Crippen MR) is 96.8 cm³/mol. The highest BCUT2D eigenvalue weighted by Crippen LogP contribution is 2.27. The van der Waals surface area contributed by atoms with Gasteiger partial charge in [0.2, 0.25) is 5.91 Å². The number of hydrogen-bond acceptors (Lipinski definition) is 4. The number of rotatable bonds is 3. The lowest BCUT2D eigenvalue weighted by Gasteiger charge is -2.36. The molecule has 3 rings (SSSR count). The van der Waals surface area contributed by atoms with Gasteiger partial charge in [-0.05, 0) is 32.1 Å². The summed E-state index contributed by atoms with van der Waals surface area (Å²) in [6, 6.07) is 0. The van der Waals surface area contributed by atoms with E-state index in [1.54, 1.807) is 18.6 Å². The first kappa shape index (κ1) is 17.6. The third-order valence-corrected chi connectivity index (χ3v) is 4.63. The number of likely N-dealkylation sites (tertiary alicyclic amines) is 1. The number of amides is 1. The van der Waals surface area contributed by atoms with Crippen LogP contribution in [-0.4, -0.2) is 43.8 Å². The van der Waals surface area contributed by atoms with Gasteiger partial charge in [-0.2, -0.15) is 0 Å². The lowest BCUT2D eigenvalue weighted by molar-refractivity contribution is -0.141. The first-order valence-electron chi connectivity index (χ1n) is 8.96. The highest BCUT2D eigenvalue weighted by atomic mass is 16.2. The molecule has 1 aliphatic rings. The van der Waals surface area contributed by atoms with E-state index in [2.05, 4.69) is 19.9 Å². The van der Waals surface area contributed by atoms with Gasteiger partial charge in [-0.1, -0.05) is 20.8 Å². The molecular weight excluding hydrogens is 314 g/mol. The zero-order chi connectivity index (χ0) is 18.0. The molecule has 6 nitrogen and oxygen atoms in total. The van der Waals surface area contributed by atoms with Crippen LogP contribution in [0.1, 0.15) is 45.0 Å². The predicted octanol–water partition coefficient (Wildman–Crippen LogP) is 3.00. The number of aromatic amines is 1. The SMILES string of the molecule is Cc1cnc(-c2nccnc2CC2CCCN(C(=O)C(C)(C)C)C2)[nH]1. The molecule has 134 valence electrons. The smallest absolute Gasteiger partial charge is 0.227 e. The van der Waals surface area contributed by atoms with Gasteiger partial charge in [-0.25, -0.2) is 9.97 Å². The number of carbonyl (C=O) groups is 1. The van der Waals surface area contributed by atoms with E-state index in [-0.39, 0.29) is 11.3 Å². The molecule has 25 heavy (non-hydrogen) atoms. The third kappa shape index (κ3) is 4.06. The second-order valence-electron chi connectivity index (χ2n) is 7.98. The molecule has 1 atom stereocenters. The van der Waals surface area contributed by atoms with Crippen molar-refractivity contribution in [3.8, 4) is 11.5 Å². The molecule has 2 aromatic heterocycles. The first-order valence-corrected chi connectivity index (χ1v) is 8.96. The summed E-state index contributed by atoms with van der Waals surface area (Å²) in [6.45, 7) is 9.58. The molecule has 1 N–H and O–H groups in total. The number of aromatic nitrogens is 4. The van der Waals surface area contributed by atoms with Crippen LogP contribution in [0.25, 0.3) is 11.5 Å². The van der Waals surface area contributed by atoms with Gasteiger partial charge in [0.15, 0.2) is 5.82 Å². The Hall–Kier alpha value is -2.24. The Labute approximate surface area is 149 Å². The largest absolute Gasteiger partial charge is 0.342 e. The van der Waals surface area contributed by atoms with Gasteiger partial charge in [-0.3, -0.25) is 9.78 Å². The van der Waals surface area contributed by atoms with Gasteiger partial charge in [0.25, 0.3) is 0 Å². The van der Waals surface area contributed by atoms with Crippen molar-refractivity contribution < 1.29 is 4.79 Å². The van der Waals surface area contributed by atoms with E-state index in [4.69, 9.17) is 0 Å². The number of carbonyl (C=O) groups excluding carboxylic acids is 1. The summed E-state index contributed by atoms with van der Waals surface area (Å²) < 4.78 is 0. The molecule has 1 aliphatic heterocycles. The van der Waals surface area contributed by atoms with Gasteiger partial charge in [-0.15, -0.1) is 0 Å². The van der Waals surface area contributed by atoms with Gasteiger partial charge in [0.05, 0.1) is 5.69 Å². The lowest BCUT2D eigenvalue weighted by Crippen LogP contribution is -2.45. The summed E-state index contributed by atoms with van der Waals surface area (Å²) >= 11 is 0. The third-order valence-electron chi connectivity index (χ3n) is 4.63. The van der Waals surface area contributed by atoms with E-state index in [1.165, 1.54) is 0 Å². The van der Waals surface area contributed by atoms with Crippen LogP contribution >= 0.6 is 0 Å². The fourth-order valence-corrected chi connectivity index (χ4v) is 3.41. The number of imidazole rings is 1. The van der Waals surface area contributed by atoms with Crippen LogP contribution in [0, 0.1) is 18.3 Å². The summed E-state index contributed by atoms with van der Waals surface area (Å²) in [5.41, 5.74) is 2.44. The maximum absolute atomic E-state index is 12.6. The number of aryl methyl sites for hydroxylation is 1. The van der Waals surface area contributed by atoms with Crippen LogP contribution < -0.4 is 0 Å². The molecule has 1 fully saturated rings. The molecule has 6 heteroatoms. The van der Waals surface area contributed by atoms with E-state index in [9.17, 15) is 4.79 Å². The van der Waals surface area contributed by atoms with E-state index >= 15 is 0 Å². The minimum atomic E-state index is -0.328. The fourth-order valence-electron chi connectivity index (χ4n) is 3.41. The Morgan fingerprint density at radius 1 is 1.28 bits per heavy atom. The summed E-state index contributed by atoms with van der Waals surface area (Å²) in [6.07, 6.45) is 8.21. The maximum atomic E-state index is 12.6. The molecule has 0 radical (unpaired) electrons. The monoisotopic (exact) mass is 341 g/mol. The normalized spacial score (nSPS) is 18.4. The van der Waals surface area contributed by atoms with Gasteiger partial charge < -0.3 is 9.88 Å². The van der Waals surface area contributed by atoms with E-state index in [0.717, 1.165) is 55.3 Å². The minimum absolute atomic E-state index is 0.234. The van der Waals surface area contributed by atoms with Crippen molar-refractivity contribution in [1.29, 1.82) is 0 Å². The van der Waals surface area contributed by atoms with E-state index in [0.29, 0.717) is 5.92 Å². The Bertz CT molecular complexity index is 746. The van der Waals surface area contributed by atoms with Crippen molar-refractivity contribution >= 4 is 5.91 Å². The number of H-pyrrole nitrogens is 1. The Morgan fingerprint density at radius 2 is 2.04 bits per heavy atom. The molecule has 2 aromatic rings. The summed E-state index contributed by atoms with van der Waals surface area (Å²) in [5.74, 6) is 1.41. The Balaban J connectivity index is 1.76. The molecule has 1 unspecified atom stereocenters. The van der Waals surface area contributed by atoms with Crippen LogP contribution in [0.3, 0.4) is 0 Å². The van der Waals surface area contributed by atoms with Gasteiger partial charge in [0, 0.05) is 42.8 Å². The first-order chi connectivity index (χ1) is 11.8. The zero-order valence-electron chi connectivity index (χ0n) is 15.5. The number of nitrogens with one attached hydrogen (secondary N) is 1. The highest BCUT2D eigenvalue weighted by molar-refractivity contribution is 5.81. The highest BCUT2D eigenvalue weighted by Gasteiger charge is 2.31. The summed E-state index contributed by atoms with van der Waals surface area (Å²) in [5, 5.41) is 0. The van der Waals surface area contributed by atoms with Crippen molar-refractivity contribution in [2.75, 3.05) is 13.1 Å². The van der Waals surface area contributed by atoms with Crippen molar-refractivity contribution in [3.05, 3.63) is 30.0 Å². The Kier molecular flexibility index (Phi) is 4.88. The second kappa shape index (κ2) is 6.94. The van der Waals surface area contributed by atoms with Crippen LogP contribution in [0.2, 0.25) is 0 Å². The standard InChI is InChI=1S/C19H27N5O/c1-13-11-22-17(23-13)16-15(20-7-8-21-16)10-14-6-5-9-24(12-14)18(25)19(2,3)4/h7-8,11,14H,5-6,9-10,12H2,1-4H3,(H,22,23). The lowest BCUT2D eigenvalue weighted by atomic mass is 9.89. The fraction of sp³-hybridized carbons (Fsp3) is 0.579.